The zero-order valence-electron chi connectivity index (χ0n) is 31.2. The third-order valence-electron chi connectivity index (χ3n) is 10.3. The fourth-order valence-corrected chi connectivity index (χ4v) is 7.44. The van der Waals surface area contributed by atoms with E-state index in [0.717, 1.165) is 56.5 Å². The molecular formula is C38H39N5. The molecule has 0 saturated carbocycles. The van der Waals surface area contributed by atoms with E-state index in [9.17, 15) is 0 Å². The predicted molar refractivity (Wildman–Crippen MR) is 180 cm³/mol. The van der Waals surface area contributed by atoms with Gasteiger partial charge in [-0.2, -0.15) is 0 Å². The second-order valence-corrected chi connectivity index (χ2v) is 12.3. The molecule has 43 heavy (non-hydrogen) atoms. The van der Waals surface area contributed by atoms with Crippen LogP contribution in [-0.2, 0) is 5.41 Å². The molecule has 0 spiro atoms. The monoisotopic (exact) mass is 571 g/mol. The van der Waals surface area contributed by atoms with E-state index in [1.165, 1.54) is 31.7 Å². The number of aromatic nitrogens is 1. The molecule has 1 aromatic heterocycles. The van der Waals surface area contributed by atoms with Crippen molar-refractivity contribution >= 4 is 33.2 Å². The summed E-state index contributed by atoms with van der Waals surface area (Å²) in [7, 11) is 0. The second-order valence-electron chi connectivity index (χ2n) is 12.3. The van der Waals surface area contributed by atoms with Crippen LogP contribution in [0.15, 0.2) is 108 Å². The summed E-state index contributed by atoms with van der Waals surface area (Å²) < 4.78 is 51.2. The Kier molecular flexibility index (Phi) is 4.22. The van der Waals surface area contributed by atoms with Crippen LogP contribution in [-0.4, -0.2) is 41.7 Å². The largest absolute Gasteiger partial charge is 0.359 e. The zero-order valence-corrected chi connectivity index (χ0v) is 25.2. The molecule has 0 radical (unpaired) electrons. The van der Waals surface area contributed by atoms with Crippen LogP contribution in [0.4, 0.5) is 11.4 Å². The fourth-order valence-electron chi connectivity index (χ4n) is 7.44. The molecule has 0 amide bonds. The Morgan fingerprint density at radius 3 is 1.98 bits per heavy atom. The molecular weight excluding hydrogens is 526 g/mol. The number of fused-ring (bicyclic) bond motifs is 5. The SMILES string of the molecule is [2H]C([2H])([2H])N1CN(c2cccc(C3(C)c4cc(N5CN(C([2H])([2H])[2H])C(C)=C5C)ccc4-n4c5ccccc5c5cccc3c54)c2)C(C)=C1C. The van der Waals surface area contributed by atoms with Gasteiger partial charge in [-0.1, -0.05) is 48.5 Å². The highest BCUT2D eigenvalue weighted by Crippen LogP contribution is 2.52. The van der Waals surface area contributed by atoms with Crippen LogP contribution in [0, 0.1) is 0 Å². The lowest BCUT2D eigenvalue weighted by atomic mass is 9.68. The molecule has 0 aliphatic carbocycles. The molecule has 0 bridgehead atoms. The second kappa shape index (κ2) is 8.93. The van der Waals surface area contributed by atoms with Crippen LogP contribution in [0.2, 0.25) is 0 Å². The summed E-state index contributed by atoms with van der Waals surface area (Å²) in [6, 6.07) is 30.1. The van der Waals surface area contributed by atoms with Gasteiger partial charge in [0.2, 0.25) is 0 Å². The van der Waals surface area contributed by atoms with Crippen molar-refractivity contribution in [2.45, 2.75) is 40.0 Å². The zero-order chi connectivity index (χ0) is 34.8. The minimum Gasteiger partial charge on any atom is -0.359 e. The van der Waals surface area contributed by atoms with E-state index in [0.29, 0.717) is 0 Å². The van der Waals surface area contributed by atoms with Crippen LogP contribution in [0.3, 0.4) is 0 Å². The molecule has 8 rings (SSSR count). The molecule has 3 aliphatic rings. The average Bonchev–Trinajstić information content (AvgIpc) is 3.68. The number of anilines is 2. The van der Waals surface area contributed by atoms with Crippen molar-refractivity contribution in [2.75, 3.05) is 37.1 Å². The van der Waals surface area contributed by atoms with Gasteiger partial charge in [-0.05, 0) is 87.7 Å². The summed E-state index contributed by atoms with van der Waals surface area (Å²) in [5, 5.41) is 2.38. The van der Waals surface area contributed by atoms with Crippen LogP contribution in [0.25, 0.3) is 27.5 Å². The summed E-state index contributed by atoms with van der Waals surface area (Å²) in [6.07, 6.45) is 0. The van der Waals surface area contributed by atoms with E-state index in [4.69, 9.17) is 8.22 Å². The van der Waals surface area contributed by atoms with Gasteiger partial charge in [-0.3, -0.25) is 0 Å². The molecule has 4 heterocycles. The maximum absolute atomic E-state index is 8.15. The van der Waals surface area contributed by atoms with Gasteiger partial charge >= 0.3 is 0 Å². The summed E-state index contributed by atoms with van der Waals surface area (Å²) >= 11 is 0. The molecule has 1 atom stereocenters. The lowest BCUT2D eigenvalue weighted by Gasteiger charge is -2.39. The normalized spacial score (nSPS) is 22.6. The van der Waals surface area contributed by atoms with E-state index in [-0.39, 0.29) is 13.3 Å². The summed E-state index contributed by atoms with van der Waals surface area (Å²) in [6.45, 7) is 6.00. The van der Waals surface area contributed by atoms with Gasteiger partial charge in [0, 0.05) is 72.5 Å². The van der Waals surface area contributed by atoms with E-state index in [2.05, 4.69) is 106 Å². The Bertz CT molecular complexity index is 2260. The number of hydrogen-bond donors (Lipinski definition) is 0. The van der Waals surface area contributed by atoms with Crippen LogP contribution < -0.4 is 9.80 Å². The molecule has 3 aliphatic heterocycles. The number of para-hydroxylation sites is 2. The van der Waals surface area contributed by atoms with Gasteiger partial charge in [-0.25, -0.2) is 0 Å². The first-order chi connectivity index (χ1) is 23.1. The van der Waals surface area contributed by atoms with Crippen molar-refractivity contribution in [1.82, 2.24) is 14.4 Å². The molecule has 5 heteroatoms. The quantitative estimate of drug-likeness (QED) is 0.216. The highest BCUT2D eigenvalue weighted by Gasteiger charge is 2.41. The van der Waals surface area contributed by atoms with Crippen LogP contribution in [0.1, 0.15) is 59.5 Å². The number of allylic oxidation sites excluding steroid dienone is 4. The first-order valence-corrected chi connectivity index (χ1v) is 14.9. The Hall–Kier alpha value is -4.64. The van der Waals surface area contributed by atoms with Crippen molar-refractivity contribution in [1.29, 1.82) is 0 Å². The van der Waals surface area contributed by atoms with Gasteiger partial charge in [-0.15, -0.1) is 0 Å². The molecule has 0 saturated heterocycles. The van der Waals surface area contributed by atoms with E-state index in [1.807, 2.05) is 27.7 Å². The highest BCUT2D eigenvalue weighted by molar-refractivity contribution is 6.11. The molecule has 216 valence electrons. The minimum atomic E-state index is -2.24. The Morgan fingerprint density at radius 1 is 0.628 bits per heavy atom. The molecule has 0 fully saturated rings. The smallest absolute Gasteiger partial charge is 0.0943 e. The van der Waals surface area contributed by atoms with Crippen molar-refractivity contribution < 1.29 is 8.22 Å². The van der Waals surface area contributed by atoms with Crippen LogP contribution in [0.5, 0.6) is 0 Å². The first kappa shape index (κ1) is 20.3. The Morgan fingerprint density at radius 2 is 1.28 bits per heavy atom. The summed E-state index contributed by atoms with van der Waals surface area (Å²) in [5.41, 5.74) is 11.3. The fraction of sp³-hybridized carbons (Fsp3) is 0.263. The highest BCUT2D eigenvalue weighted by atomic mass is 15.4. The predicted octanol–water partition coefficient (Wildman–Crippen LogP) is 8.37. The summed E-state index contributed by atoms with van der Waals surface area (Å²) in [5.74, 6) is 0. The summed E-state index contributed by atoms with van der Waals surface area (Å²) in [4.78, 5) is 7.14. The maximum atomic E-state index is 8.15. The third kappa shape index (κ3) is 3.39. The topological polar surface area (TPSA) is 17.9 Å². The molecule has 4 aromatic carbocycles. The van der Waals surface area contributed by atoms with Gasteiger partial charge in [0.05, 0.1) is 30.1 Å². The van der Waals surface area contributed by atoms with E-state index in [1.54, 1.807) is 0 Å². The lowest BCUT2D eigenvalue weighted by molar-refractivity contribution is 0.459. The minimum absolute atomic E-state index is 0.242. The number of nitrogens with zero attached hydrogens (tertiary/aromatic N) is 5. The number of rotatable bonds is 3. The Labute approximate surface area is 263 Å². The molecule has 0 N–H and O–H groups in total. The van der Waals surface area contributed by atoms with Crippen LogP contribution >= 0.6 is 0 Å². The lowest BCUT2D eigenvalue weighted by Crippen LogP contribution is -2.32. The van der Waals surface area contributed by atoms with Crippen molar-refractivity contribution in [3.63, 3.8) is 0 Å². The number of hydrogen-bond acceptors (Lipinski definition) is 4. The molecule has 5 nitrogen and oxygen atoms in total. The van der Waals surface area contributed by atoms with E-state index < -0.39 is 19.4 Å². The number of benzene rings is 4. The first-order valence-electron chi connectivity index (χ1n) is 17.9. The van der Waals surface area contributed by atoms with E-state index >= 15 is 0 Å². The van der Waals surface area contributed by atoms with Crippen molar-refractivity contribution in [3.8, 4) is 5.69 Å². The average molecular weight is 572 g/mol. The molecule has 5 aromatic rings. The maximum Gasteiger partial charge on any atom is 0.0943 e. The van der Waals surface area contributed by atoms with Crippen molar-refractivity contribution in [3.05, 3.63) is 124 Å². The van der Waals surface area contributed by atoms with Gasteiger partial charge < -0.3 is 24.2 Å². The van der Waals surface area contributed by atoms with Gasteiger partial charge in [0.15, 0.2) is 0 Å². The van der Waals surface area contributed by atoms with Gasteiger partial charge in [0.1, 0.15) is 0 Å². The molecule has 1 unspecified atom stereocenters. The van der Waals surface area contributed by atoms with Crippen molar-refractivity contribution in [2.24, 2.45) is 0 Å². The third-order valence-corrected chi connectivity index (χ3v) is 10.3. The standard InChI is InChI=1S/C38H39N5/c1-24-26(3)41(22-39(24)6)29-13-10-12-28(20-29)38(5)33-16-11-15-32-31-14-8-9-17-35(31)43(37(32)33)36-19-18-30(21-34(36)38)42-23-40(7)25(2)27(42)4/h8-21H,22-23H2,1-7H3/i6D3,7D3. The Balaban J connectivity index is 1.36. The van der Waals surface area contributed by atoms with Gasteiger partial charge in [0.25, 0.3) is 0 Å².